The number of carbonyl (C=O) groups is 1. The second-order valence-electron chi connectivity index (χ2n) is 6.61. The molecule has 0 radical (unpaired) electrons. The van der Waals surface area contributed by atoms with Crippen molar-refractivity contribution in [2.75, 3.05) is 10.2 Å². The van der Waals surface area contributed by atoms with Crippen molar-refractivity contribution < 1.29 is 4.79 Å². The molecule has 1 unspecified atom stereocenters. The third-order valence-corrected chi connectivity index (χ3v) is 5.10. The summed E-state index contributed by atoms with van der Waals surface area (Å²) >= 11 is 6.16. The van der Waals surface area contributed by atoms with Crippen LogP contribution in [-0.2, 0) is 13.0 Å². The molecule has 1 aliphatic heterocycles. The van der Waals surface area contributed by atoms with E-state index < -0.39 is 0 Å². The predicted molar refractivity (Wildman–Crippen MR) is 107 cm³/mol. The third kappa shape index (κ3) is 3.51. The normalized spacial score (nSPS) is 15.5. The number of benzene rings is 2. The average Bonchev–Trinajstić information content (AvgIpc) is 3.03. The summed E-state index contributed by atoms with van der Waals surface area (Å²) in [6.45, 7) is 2.59. The van der Waals surface area contributed by atoms with E-state index in [-0.39, 0.29) is 11.9 Å². The van der Waals surface area contributed by atoms with Gasteiger partial charge >= 0.3 is 0 Å². The Kier molecular flexibility index (Phi) is 4.77. The lowest BCUT2D eigenvalue weighted by Crippen LogP contribution is -2.36. The quantitative estimate of drug-likeness (QED) is 0.734. The van der Waals surface area contributed by atoms with Crippen molar-refractivity contribution in [1.29, 1.82) is 0 Å². The molecule has 136 valence electrons. The van der Waals surface area contributed by atoms with Gasteiger partial charge in [0.15, 0.2) is 5.69 Å². The maximum absolute atomic E-state index is 12.9. The van der Waals surface area contributed by atoms with E-state index in [0.29, 0.717) is 23.1 Å². The summed E-state index contributed by atoms with van der Waals surface area (Å²) in [5.74, 6) is 0.471. The Bertz CT molecular complexity index is 974. The molecule has 1 aromatic heterocycles. The van der Waals surface area contributed by atoms with E-state index in [2.05, 4.69) is 21.6 Å². The molecule has 0 fully saturated rings. The number of hydrogen-bond acceptors (Lipinski definition) is 4. The van der Waals surface area contributed by atoms with Gasteiger partial charge in [-0.25, -0.2) is 0 Å². The van der Waals surface area contributed by atoms with E-state index in [9.17, 15) is 4.79 Å². The highest BCUT2D eigenvalue weighted by atomic mass is 35.5. The highest BCUT2D eigenvalue weighted by molar-refractivity contribution is 6.31. The summed E-state index contributed by atoms with van der Waals surface area (Å²) < 4.78 is 0. The van der Waals surface area contributed by atoms with E-state index in [1.165, 1.54) is 5.56 Å². The molecule has 27 heavy (non-hydrogen) atoms. The zero-order valence-electron chi connectivity index (χ0n) is 14.9. The number of fused-ring (bicyclic) bond motifs is 1. The zero-order valence-corrected chi connectivity index (χ0v) is 15.6. The molecule has 0 bridgehead atoms. The lowest BCUT2D eigenvalue weighted by atomic mass is 10.1. The topological polar surface area (TPSA) is 58.1 Å². The lowest BCUT2D eigenvalue weighted by Gasteiger charge is -2.22. The second-order valence-corrected chi connectivity index (χ2v) is 7.01. The molecule has 0 saturated carbocycles. The molecule has 0 aliphatic carbocycles. The van der Waals surface area contributed by atoms with Gasteiger partial charge in [-0.1, -0.05) is 48.0 Å². The average molecular weight is 379 g/mol. The Balaban J connectivity index is 1.48. The van der Waals surface area contributed by atoms with E-state index in [4.69, 9.17) is 11.6 Å². The minimum Gasteiger partial charge on any atom is -0.364 e. The molecular weight excluding hydrogens is 360 g/mol. The molecular formula is C21H19ClN4O. The molecule has 4 rings (SSSR count). The number of nitrogens with one attached hydrogen (secondary N) is 1. The van der Waals surface area contributed by atoms with E-state index in [0.717, 1.165) is 17.7 Å². The van der Waals surface area contributed by atoms with Crippen LogP contribution in [0, 0.1) is 0 Å². The summed E-state index contributed by atoms with van der Waals surface area (Å²) in [6.07, 6.45) is 0.854. The zero-order chi connectivity index (χ0) is 18.8. The first-order chi connectivity index (χ1) is 13.1. The SMILES string of the molecule is CC1Cc2ccccc2N1C(=O)c1ccc(NCc2ccccc2Cl)nn1. The van der Waals surface area contributed by atoms with Crippen LogP contribution in [0.15, 0.2) is 60.7 Å². The standard InChI is InChI=1S/C21H19ClN4O/c1-14-12-15-6-3-5-9-19(15)26(14)21(27)18-10-11-20(25-24-18)23-13-16-7-2-4-8-17(16)22/h2-11,14H,12-13H2,1H3,(H,23,25). The van der Waals surface area contributed by atoms with Gasteiger partial charge < -0.3 is 10.2 Å². The first-order valence-corrected chi connectivity index (χ1v) is 9.24. The fraction of sp³-hybridized carbons (Fsp3) is 0.190. The van der Waals surface area contributed by atoms with Gasteiger partial charge in [-0.3, -0.25) is 4.79 Å². The lowest BCUT2D eigenvalue weighted by molar-refractivity contribution is 0.0975. The van der Waals surface area contributed by atoms with Crippen molar-refractivity contribution in [1.82, 2.24) is 10.2 Å². The van der Waals surface area contributed by atoms with Gasteiger partial charge in [-0.2, -0.15) is 0 Å². The Labute approximate surface area is 163 Å². The number of amides is 1. The van der Waals surface area contributed by atoms with E-state index in [1.807, 2.05) is 49.4 Å². The summed E-state index contributed by atoms with van der Waals surface area (Å²) in [7, 11) is 0. The van der Waals surface area contributed by atoms with Crippen molar-refractivity contribution in [2.24, 2.45) is 0 Å². The summed E-state index contributed by atoms with van der Waals surface area (Å²) in [5, 5.41) is 12.2. The fourth-order valence-corrected chi connectivity index (χ4v) is 3.57. The summed E-state index contributed by atoms with van der Waals surface area (Å²) in [6, 6.07) is 19.2. The summed E-state index contributed by atoms with van der Waals surface area (Å²) in [5.41, 5.74) is 3.45. The molecule has 1 N–H and O–H groups in total. The summed E-state index contributed by atoms with van der Waals surface area (Å²) in [4.78, 5) is 14.7. The number of rotatable bonds is 4. The van der Waals surface area contributed by atoms with Crippen LogP contribution in [0.2, 0.25) is 5.02 Å². The number of hydrogen-bond donors (Lipinski definition) is 1. The van der Waals surface area contributed by atoms with Gasteiger partial charge in [0.05, 0.1) is 0 Å². The maximum atomic E-state index is 12.9. The van der Waals surface area contributed by atoms with Crippen LogP contribution in [0.4, 0.5) is 11.5 Å². The second kappa shape index (κ2) is 7.37. The van der Waals surface area contributed by atoms with Crippen LogP contribution >= 0.6 is 11.6 Å². The van der Waals surface area contributed by atoms with Crippen LogP contribution in [-0.4, -0.2) is 22.1 Å². The monoisotopic (exact) mass is 378 g/mol. The molecule has 1 atom stereocenters. The maximum Gasteiger partial charge on any atom is 0.279 e. The number of nitrogens with zero attached hydrogens (tertiary/aromatic N) is 3. The number of carbonyl (C=O) groups excluding carboxylic acids is 1. The first kappa shape index (κ1) is 17.5. The Morgan fingerprint density at radius 1 is 1.11 bits per heavy atom. The highest BCUT2D eigenvalue weighted by Crippen LogP contribution is 2.32. The third-order valence-electron chi connectivity index (χ3n) is 4.73. The van der Waals surface area contributed by atoms with Crippen molar-refractivity contribution in [3.8, 4) is 0 Å². The number of aromatic nitrogens is 2. The Morgan fingerprint density at radius 3 is 2.67 bits per heavy atom. The van der Waals surface area contributed by atoms with Crippen molar-refractivity contribution >= 4 is 29.0 Å². The molecule has 1 aliphatic rings. The number of anilines is 2. The van der Waals surface area contributed by atoms with Crippen LogP contribution in [0.1, 0.15) is 28.5 Å². The first-order valence-electron chi connectivity index (χ1n) is 8.86. The minimum atomic E-state index is -0.127. The largest absolute Gasteiger partial charge is 0.364 e. The molecule has 0 saturated heterocycles. The predicted octanol–water partition coefficient (Wildman–Crippen LogP) is 4.33. The molecule has 2 aromatic carbocycles. The molecule has 1 amide bonds. The van der Waals surface area contributed by atoms with Crippen LogP contribution < -0.4 is 10.2 Å². The van der Waals surface area contributed by atoms with Crippen LogP contribution in [0.3, 0.4) is 0 Å². The van der Waals surface area contributed by atoms with Crippen molar-refractivity contribution in [2.45, 2.75) is 25.9 Å². The van der Waals surface area contributed by atoms with Crippen LogP contribution in [0.25, 0.3) is 0 Å². The smallest absolute Gasteiger partial charge is 0.279 e. The van der Waals surface area contributed by atoms with E-state index in [1.54, 1.807) is 17.0 Å². The molecule has 0 spiro atoms. The molecule has 6 heteroatoms. The van der Waals surface area contributed by atoms with Crippen molar-refractivity contribution in [3.63, 3.8) is 0 Å². The number of para-hydroxylation sites is 1. The van der Waals surface area contributed by atoms with Gasteiger partial charge in [-0.15, -0.1) is 10.2 Å². The number of halogens is 1. The van der Waals surface area contributed by atoms with Gasteiger partial charge in [-0.05, 0) is 48.7 Å². The van der Waals surface area contributed by atoms with Gasteiger partial charge in [0.25, 0.3) is 5.91 Å². The Morgan fingerprint density at radius 2 is 1.89 bits per heavy atom. The Hall–Kier alpha value is -2.92. The van der Waals surface area contributed by atoms with Gasteiger partial charge in [0.2, 0.25) is 0 Å². The molecule has 5 nitrogen and oxygen atoms in total. The van der Waals surface area contributed by atoms with Gasteiger partial charge in [0.1, 0.15) is 5.82 Å². The van der Waals surface area contributed by atoms with Crippen molar-refractivity contribution in [3.05, 3.63) is 82.5 Å². The molecule has 2 heterocycles. The fourth-order valence-electron chi connectivity index (χ4n) is 3.37. The van der Waals surface area contributed by atoms with Crippen LogP contribution in [0.5, 0.6) is 0 Å². The highest BCUT2D eigenvalue weighted by Gasteiger charge is 2.31. The minimum absolute atomic E-state index is 0.106. The van der Waals surface area contributed by atoms with Gasteiger partial charge in [0, 0.05) is 23.3 Å². The van der Waals surface area contributed by atoms with E-state index >= 15 is 0 Å². The molecule has 3 aromatic rings.